The van der Waals surface area contributed by atoms with Crippen LogP contribution in [0.15, 0.2) is 17.0 Å². The average Bonchev–Trinajstić information content (AvgIpc) is 2.28. The Hall–Kier alpha value is -0.670. The first-order chi connectivity index (χ1) is 8.40. The molecule has 3 atom stereocenters. The maximum atomic E-state index is 12.4. The van der Waals surface area contributed by atoms with E-state index in [-0.39, 0.29) is 5.25 Å². The third-order valence-electron chi connectivity index (χ3n) is 3.69. The Morgan fingerprint density at radius 3 is 2.50 bits per heavy atom. The van der Waals surface area contributed by atoms with Gasteiger partial charge >= 0.3 is 0 Å². The highest BCUT2D eigenvalue weighted by Gasteiger charge is 2.30. The summed E-state index contributed by atoms with van der Waals surface area (Å²) in [4.78, 5) is 1.04. The van der Waals surface area contributed by atoms with Crippen LogP contribution in [0, 0.1) is 13.8 Å². The molecule has 0 saturated carbocycles. The molecule has 1 heterocycles. The molecule has 1 N–H and O–H groups in total. The van der Waals surface area contributed by atoms with Crippen molar-refractivity contribution in [2.45, 2.75) is 63.3 Å². The van der Waals surface area contributed by atoms with Gasteiger partial charge in [0.2, 0.25) is 0 Å². The molecule has 0 radical (unpaired) electrons. The maximum absolute atomic E-state index is 12.4. The van der Waals surface area contributed by atoms with Gasteiger partial charge in [0.15, 0.2) is 0 Å². The zero-order valence-electron chi connectivity index (χ0n) is 11.9. The molecule has 0 spiro atoms. The maximum Gasteiger partial charge on any atom is 0.0562 e. The van der Waals surface area contributed by atoms with Crippen molar-refractivity contribution in [1.82, 2.24) is 5.32 Å². The molecule has 100 valence electrons. The van der Waals surface area contributed by atoms with Crippen LogP contribution in [-0.4, -0.2) is 15.5 Å². The summed E-state index contributed by atoms with van der Waals surface area (Å²) in [6, 6.07) is 5.12. The SMILES string of the molecule is Cc1cc2c(cc1C)S(=O)C(C)CC2NC(C)C. The summed E-state index contributed by atoms with van der Waals surface area (Å²) in [5, 5.41) is 3.83. The molecule has 0 aliphatic carbocycles. The summed E-state index contributed by atoms with van der Waals surface area (Å²) >= 11 is 0. The number of fused-ring (bicyclic) bond motifs is 1. The van der Waals surface area contributed by atoms with E-state index in [1.54, 1.807) is 0 Å². The summed E-state index contributed by atoms with van der Waals surface area (Å²) in [5.74, 6) is 0. The number of aryl methyl sites for hydroxylation is 2. The van der Waals surface area contributed by atoms with Crippen molar-refractivity contribution in [3.63, 3.8) is 0 Å². The highest BCUT2D eigenvalue weighted by molar-refractivity contribution is 7.85. The Kier molecular flexibility index (Phi) is 3.93. The van der Waals surface area contributed by atoms with Gasteiger partial charge in [-0.15, -0.1) is 0 Å². The quantitative estimate of drug-likeness (QED) is 0.889. The molecule has 2 rings (SSSR count). The molecule has 0 saturated heterocycles. The Morgan fingerprint density at radius 2 is 1.89 bits per heavy atom. The van der Waals surface area contributed by atoms with Crippen LogP contribution < -0.4 is 5.32 Å². The zero-order chi connectivity index (χ0) is 13.4. The van der Waals surface area contributed by atoms with Gasteiger partial charge in [0, 0.05) is 22.2 Å². The second-order valence-electron chi connectivity index (χ2n) is 5.69. The van der Waals surface area contributed by atoms with Crippen LogP contribution in [0.3, 0.4) is 0 Å². The van der Waals surface area contributed by atoms with Crippen molar-refractivity contribution in [1.29, 1.82) is 0 Å². The normalized spacial score (nSPS) is 27.3. The fourth-order valence-corrected chi connectivity index (χ4v) is 4.11. The van der Waals surface area contributed by atoms with Gasteiger partial charge < -0.3 is 5.32 Å². The minimum Gasteiger partial charge on any atom is -0.308 e. The highest BCUT2D eigenvalue weighted by Crippen LogP contribution is 2.35. The van der Waals surface area contributed by atoms with E-state index in [1.807, 2.05) is 0 Å². The van der Waals surface area contributed by atoms with Crippen molar-refractivity contribution in [3.8, 4) is 0 Å². The number of nitrogens with one attached hydrogen (secondary N) is 1. The van der Waals surface area contributed by atoms with E-state index in [9.17, 15) is 4.21 Å². The van der Waals surface area contributed by atoms with Crippen LogP contribution in [0.5, 0.6) is 0 Å². The molecule has 0 amide bonds. The van der Waals surface area contributed by atoms with E-state index < -0.39 is 10.8 Å². The molecule has 0 fully saturated rings. The van der Waals surface area contributed by atoms with Gasteiger partial charge in [0.1, 0.15) is 0 Å². The first kappa shape index (κ1) is 13.8. The second kappa shape index (κ2) is 5.14. The van der Waals surface area contributed by atoms with E-state index in [0.29, 0.717) is 12.1 Å². The fraction of sp³-hybridized carbons (Fsp3) is 0.600. The molecule has 18 heavy (non-hydrogen) atoms. The van der Waals surface area contributed by atoms with E-state index in [4.69, 9.17) is 0 Å². The van der Waals surface area contributed by atoms with E-state index in [2.05, 4.69) is 52.1 Å². The third-order valence-corrected chi connectivity index (χ3v) is 5.40. The molecule has 3 heteroatoms. The van der Waals surface area contributed by atoms with Gasteiger partial charge in [0.25, 0.3) is 0 Å². The van der Waals surface area contributed by atoms with Gasteiger partial charge in [-0.1, -0.05) is 26.8 Å². The van der Waals surface area contributed by atoms with Crippen LogP contribution >= 0.6 is 0 Å². The summed E-state index contributed by atoms with van der Waals surface area (Å²) < 4.78 is 12.4. The zero-order valence-corrected chi connectivity index (χ0v) is 12.7. The molecule has 1 aromatic carbocycles. The van der Waals surface area contributed by atoms with E-state index >= 15 is 0 Å². The predicted octanol–water partition coefficient (Wildman–Crippen LogP) is 3.24. The predicted molar refractivity (Wildman–Crippen MR) is 77.4 cm³/mol. The van der Waals surface area contributed by atoms with Crippen LogP contribution in [0.1, 0.15) is 49.9 Å². The van der Waals surface area contributed by atoms with Crippen LogP contribution in [0.25, 0.3) is 0 Å². The van der Waals surface area contributed by atoms with E-state index in [0.717, 1.165) is 11.3 Å². The Morgan fingerprint density at radius 1 is 1.28 bits per heavy atom. The van der Waals surface area contributed by atoms with E-state index in [1.165, 1.54) is 16.7 Å². The molecule has 1 aliphatic rings. The van der Waals surface area contributed by atoms with Gasteiger partial charge in [-0.25, -0.2) is 0 Å². The van der Waals surface area contributed by atoms with Gasteiger partial charge in [-0.05, 0) is 43.0 Å². The lowest BCUT2D eigenvalue weighted by Crippen LogP contribution is -2.35. The Balaban J connectivity index is 2.49. The molecular formula is C15H23NOS. The molecular weight excluding hydrogens is 242 g/mol. The topological polar surface area (TPSA) is 29.1 Å². The average molecular weight is 265 g/mol. The lowest BCUT2D eigenvalue weighted by molar-refractivity contribution is 0.436. The lowest BCUT2D eigenvalue weighted by Gasteiger charge is -2.32. The summed E-state index contributed by atoms with van der Waals surface area (Å²) in [5.41, 5.74) is 3.76. The highest BCUT2D eigenvalue weighted by atomic mass is 32.2. The molecule has 0 bridgehead atoms. The summed E-state index contributed by atoms with van der Waals surface area (Å²) in [6.45, 7) is 10.6. The van der Waals surface area contributed by atoms with Gasteiger partial charge in [-0.3, -0.25) is 4.21 Å². The first-order valence-electron chi connectivity index (χ1n) is 6.68. The Bertz CT molecular complexity index is 482. The molecule has 1 aliphatic heterocycles. The van der Waals surface area contributed by atoms with Crippen LogP contribution in [0.4, 0.5) is 0 Å². The second-order valence-corrected chi connectivity index (χ2v) is 7.53. The lowest BCUT2D eigenvalue weighted by atomic mass is 9.96. The minimum absolute atomic E-state index is 0.232. The van der Waals surface area contributed by atoms with Crippen LogP contribution in [0.2, 0.25) is 0 Å². The Labute approximate surface area is 113 Å². The number of hydrogen-bond acceptors (Lipinski definition) is 2. The largest absolute Gasteiger partial charge is 0.308 e. The fourth-order valence-electron chi connectivity index (χ4n) is 2.58. The van der Waals surface area contributed by atoms with Crippen molar-refractivity contribution in [2.24, 2.45) is 0 Å². The number of hydrogen-bond donors (Lipinski definition) is 1. The molecule has 2 nitrogen and oxygen atoms in total. The third kappa shape index (κ3) is 2.52. The molecule has 0 aromatic heterocycles. The number of rotatable bonds is 2. The van der Waals surface area contributed by atoms with Crippen molar-refractivity contribution in [3.05, 3.63) is 28.8 Å². The first-order valence-corrected chi connectivity index (χ1v) is 7.89. The van der Waals surface area contributed by atoms with Gasteiger partial charge in [-0.2, -0.15) is 0 Å². The number of benzene rings is 1. The van der Waals surface area contributed by atoms with Crippen molar-refractivity contribution < 1.29 is 4.21 Å². The molecule has 1 aromatic rings. The smallest absolute Gasteiger partial charge is 0.0562 e. The van der Waals surface area contributed by atoms with Gasteiger partial charge in [0.05, 0.1) is 10.8 Å². The summed E-state index contributed by atoms with van der Waals surface area (Å²) in [7, 11) is -0.854. The van der Waals surface area contributed by atoms with Crippen molar-refractivity contribution in [2.75, 3.05) is 0 Å². The van der Waals surface area contributed by atoms with Crippen LogP contribution in [-0.2, 0) is 10.8 Å². The molecule has 3 unspecified atom stereocenters. The minimum atomic E-state index is -0.854. The standard InChI is InChI=1S/C15H23NOS/c1-9(2)16-14-8-12(5)18(17)15-7-11(4)10(3)6-13(14)15/h6-7,9,12,14,16H,8H2,1-5H3. The monoisotopic (exact) mass is 265 g/mol. The van der Waals surface area contributed by atoms with Crippen molar-refractivity contribution >= 4 is 10.8 Å². The summed E-state index contributed by atoms with van der Waals surface area (Å²) in [6.07, 6.45) is 0.959.